The average Bonchev–Trinajstić information content (AvgIpc) is 3.29. The van der Waals surface area contributed by atoms with Gasteiger partial charge in [0.2, 0.25) is 5.95 Å². The van der Waals surface area contributed by atoms with Crippen molar-refractivity contribution in [3.8, 4) is 11.1 Å². The van der Waals surface area contributed by atoms with Crippen molar-refractivity contribution in [1.29, 1.82) is 0 Å². The maximum absolute atomic E-state index is 13.6. The van der Waals surface area contributed by atoms with Gasteiger partial charge in [0.15, 0.2) is 0 Å². The molecule has 0 saturated carbocycles. The van der Waals surface area contributed by atoms with Crippen molar-refractivity contribution in [2.24, 2.45) is 0 Å². The van der Waals surface area contributed by atoms with Crippen LogP contribution in [0.25, 0.3) is 22.2 Å². The van der Waals surface area contributed by atoms with E-state index in [0.717, 1.165) is 48.9 Å². The number of nitrogens with zero attached hydrogens (tertiary/aromatic N) is 3. The number of hydrogen-bond acceptors (Lipinski definition) is 6. The fourth-order valence-electron chi connectivity index (χ4n) is 4.48. The molecule has 2 saturated heterocycles. The third-order valence-corrected chi connectivity index (χ3v) is 6.11. The van der Waals surface area contributed by atoms with Crippen molar-refractivity contribution < 1.29 is 4.74 Å². The summed E-state index contributed by atoms with van der Waals surface area (Å²) in [7, 11) is 0. The summed E-state index contributed by atoms with van der Waals surface area (Å²) in [4.78, 5) is 23.0. The summed E-state index contributed by atoms with van der Waals surface area (Å²) < 4.78 is 7.44. The van der Waals surface area contributed by atoms with Crippen molar-refractivity contribution in [2.75, 3.05) is 31.6 Å². The molecule has 7 heteroatoms. The van der Waals surface area contributed by atoms with Crippen molar-refractivity contribution in [3.63, 3.8) is 0 Å². The molecule has 30 heavy (non-hydrogen) atoms. The highest BCUT2D eigenvalue weighted by atomic mass is 16.5. The van der Waals surface area contributed by atoms with Crippen LogP contribution in [0.2, 0.25) is 0 Å². The molecule has 2 aliphatic rings. The van der Waals surface area contributed by atoms with Gasteiger partial charge in [-0.25, -0.2) is 4.98 Å². The number of anilines is 1. The summed E-state index contributed by atoms with van der Waals surface area (Å²) >= 11 is 0. The van der Waals surface area contributed by atoms with Gasteiger partial charge in [-0.3, -0.25) is 9.36 Å². The number of ether oxygens (including phenoxy) is 1. The number of piperidine rings is 1. The number of benzene rings is 1. The standard InChI is InChI=1S/C23H27N5O2/c1-15-5-2-3-7-19(15)20-11-16-12-25-23(26-17-6-4-9-24-13-17)27-21(16)28(22(20)29)18-8-10-30-14-18/h2-3,5,7,11-12,17-18,24H,4,6,8-10,13-14H2,1H3,(H,25,26,27)/t17-,18+/m0/s1. The van der Waals surface area contributed by atoms with Crippen LogP contribution >= 0.6 is 0 Å². The van der Waals surface area contributed by atoms with E-state index in [1.165, 1.54) is 0 Å². The maximum atomic E-state index is 13.6. The Labute approximate surface area is 175 Å². The first-order valence-corrected chi connectivity index (χ1v) is 10.7. The number of aryl methyl sites for hydroxylation is 1. The molecule has 3 aromatic rings. The Morgan fingerprint density at radius 3 is 2.90 bits per heavy atom. The Hall–Kier alpha value is -2.77. The Morgan fingerprint density at radius 1 is 1.23 bits per heavy atom. The van der Waals surface area contributed by atoms with Crippen molar-refractivity contribution in [1.82, 2.24) is 19.9 Å². The molecule has 2 aliphatic heterocycles. The smallest absolute Gasteiger partial charge is 0.260 e. The van der Waals surface area contributed by atoms with Crippen LogP contribution in [0.4, 0.5) is 5.95 Å². The molecule has 0 amide bonds. The molecule has 0 spiro atoms. The van der Waals surface area contributed by atoms with E-state index in [4.69, 9.17) is 9.72 Å². The highest BCUT2D eigenvalue weighted by molar-refractivity contribution is 5.82. The first kappa shape index (κ1) is 19.2. The summed E-state index contributed by atoms with van der Waals surface area (Å²) in [5.41, 5.74) is 3.37. The second-order valence-electron chi connectivity index (χ2n) is 8.23. The molecular formula is C23H27N5O2. The highest BCUT2D eigenvalue weighted by Crippen LogP contribution is 2.27. The van der Waals surface area contributed by atoms with Gasteiger partial charge in [0.1, 0.15) is 5.65 Å². The summed E-state index contributed by atoms with van der Waals surface area (Å²) in [6.45, 7) is 5.18. The molecule has 1 aromatic carbocycles. The van der Waals surface area contributed by atoms with Crippen LogP contribution in [0, 0.1) is 6.92 Å². The van der Waals surface area contributed by atoms with E-state index in [9.17, 15) is 4.79 Å². The maximum Gasteiger partial charge on any atom is 0.260 e. The lowest BCUT2D eigenvalue weighted by Gasteiger charge is -2.24. The number of fused-ring (bicyclic) bond motifs is 1. The van der Waals surface area contributed by atoms with Gasteiger partial charge in [0.25, 0.3) is 5.56 Å². The molecule has 5 rings (SSSR count). The van der Waals surface area contributed by atoms with E-state index in [-0.39, 0.29) is 11.6 Å². The van der Waals surface area contributed by atoms with Crippen molar-refractivity contribution in [2.45, 2.75) is 38.3 Å². The van der Waals surface area contributed by atoms with Gasteiger partial charge in [-0.05, 0) is 49.9 Å². The van der Waals surface area contributed by atoms with E-state index >= 15 is 0 Å². The molecule has 2 aromatic heterocycles. The van der Waals surface area contributed by atoms with E-state index in [2.05, 4.69) is 15.6 Å². The second-order valence-corrected chi connectivity index (χ2v) is 8.23. The lowest BCUT2D eigenvalue weighted by atomic mass is 10.0. The van der Waals surface area contributed by atoms with E-state index in [1.54, 1.807) is 0 Å². The van der Waals surface area contributed by atoms with Gasteiger partial charge in [-0.2, -0.15) is 4.98 Å². The summed E-state index contributed by atoms with van der Waals surface area (Å²) in [6.07, 6.45) is 4.86. The molecule has 0 aliphatic carbocycles. The van der Waals surface area contributed by atoms with Crippen LogP contribution in [-0.4, -0.2) is 46.9 Å². The number of rotatable bonds is 4. The van der Waals surface area contributed by atoms with Crippen LogP contribution < -0.4 is 16.2 Å². The molecule has 0 radical (unpaired) electrons. The molecule has 2 N–H and O–H groups in total. The zero-order chi connectivity index (χ0) is 20.5. The van der Waals surface area contributed by atoms with Gasteiger partial charge in [0, 0.05) is 36.3 Å². The Bertz CT molecular complexity index is 1110. The first-order valence-electron chi connectivity index (χ1n) is 10.7. The molecule has 7 nitrogen and oxygen atoms in total. The Kier molecular flexibility index (Phi) is 5.23. The molecule has 2 atom stereocenters. The predicted octanol–water partition coefficient (Wildman–Crippen LogP) is 2.89. The Balaban J connectivity index is 1.64. The third-order valence-electron chi connectivity index (χ3n) is 6.11. The van der Waals surface area contributed by atoms with Gasteiger partial charge in [0.05, 0.1) is 12.6 Å². The zero-order valence-electron chi connectivity index (χ0n) is 17.2. The number of hydrogen-bond donors (Lipinski definition) is 2. The fourth-order valence-corrected chi connectivity index (χ4v) is 4.48. The van der Waals surface area contributed by atoms with Gasteiger partial charge < -0.3 is 15.4 Å². The summed E-state index contributed by atoms with van der Waals surface area (Å²) in [5.74, 6) is 0.576. The lowest BCUT2D eigenvalue weighted by Crippen LogP contribution is -2.38. The average molecular weight is 406 g/mol. The fraction of sp³-hybridized carbons (Fsp3) is 0.435. The monoisotopic (exact) mass is 405 g/mol. The van der Waals surface area contributed by atoms with Crippen LogP contribution in [0.3, 0.4) is 0 Å². The third kappa shape index (κ3) is 3.59. The minimum Gasteiger partial charge on any atom is -0.379 e. The molecule has 0 unspecified atom stereocenters. The molecular weight excluding hydrogens is 378 g/mol. The highest BCUT2D eigenvalue weighted by Gasteiger charge is 2.24. The molecule has 0 bridgehead atoms. The first-order chi connectivity index (χ1) is 14.7. The lowest BCUT2D eigenvalue weighted by molar-refractivity contribution is 0.186. The normalized spacial score (nSPS) is 21.8. The van der Waals surface area contributed by atoms with Crippen LogP contribution in [-0.2, 0) is 4.74 Å². The number of aromatic nitrogens is 3. The molecule has 2 fully saturated rings. The number of nitrogens with one attached hydrogen (secondary N) is 2. The summed E-state index contributed by atoms with van der Waals surface area (Å²) in [5, 5.41) is 7.70. The SMILES string of the molecule is Cc1ccccc1-c1cc2cnc(N[C@H]3CCCNC3)nc2n([C@@H]2CCOC2)c1=O. The minimum absolute atomic E-state index is 0.0111. The van der Waals surface area contributed by atoms with E-state index < -0.39 is 0 Å². The topological polar surface area (TPSA) is 81.1 Å². The Morgan fingerprint density at radius 2 is 2.13 bits per heavy atom. The summed E-state index contributed by atoms with van der Waals surface area (Å²) in [6, 6.07) is 10.2. The van der Waals surface area contributed by atoms with Crippen molar-refractivity contribution >= 4 is 17.0 Å². The van der Waals surface area contributed by atoms with Crippen LogP contribution in [0.5, 0.6) is 0 Å². The zero-order valence-corrected chi connectivity index (χ0v) is 17.2. The van der Waals surface area contributed by atoms with E-state index in [0.29, 0.717) is 36.4 Å². The van der Waals surface area contributed by atoms with Crippen LogP contribution in [0.15, 0.2) is 41.3 Å². The van der Waals surface area contributed by atoms with Gasteiger partial charge >= 0.3 is 0 Å². The molecule has 4 heterocycles. The number of pyridine rings is 1. The second kappa shape index (κ2) is 8.16. The molecule has 156 valence electrons. The van der Waals surface area contributed by atoms with E-state index in [1.807, 2.05) is 48.0 Å². The quantitative estimate of drug-likeness (QED) is 0.695. The van der Waals surface area contributed by atoms with Crippen molar-refractivity contribution in [3.05, 3.63) is 52.4 Å². The predicted molar refractivity (Wildman–Crippen MR) is 118 cm³/mol. The largest absolute Gasteiger partial charge is 0.379 e. The van der Waals surface area contributed by atoms with Crippen LogP contribution in [0.1, 0.15) is 30.9 Å². The minimum atomic E-state index is -0.0173. The van der Waals surface area contributed by atoms with Gasteiger partial charge in [-0.1, -0.05) is 24.3 Å². The van der Waals surface area contributed by atoms with Gasteiger partial charge in [-0.15, -0.1) is 0 Å².